The fourth-order valence-electron chi connectivity index (χ4n) is 4.52. The second-order valence-electron chi connectivity index (χ2n) is 6.80. The summed E-state index contributed by atoms with van der Waals surface area (Å²) in [5.41, 5.74) is 0.478. The van der Waals surface area contributed by atoms with E-state index in [-0.39, 0.29) is 17.5 Å². The number of benzene rings is 1. The molecule has 4 bridgehead atoms. The van der Waals surface area contributed by atoms with E-state index in [0.717, 1.165) is 18.8 Å². The van der Waals surface area contributed by atoms with Gasteiger partial charge in [0.05, 0.1) is 24.4 Å². The van der Waals surface area contributed by atoms with Crippen molar-refractivity contribution in [3.05, 3.63) is 35.6 Å². The Bertz CT molecular complexity index is 501. The Morgan fingerprint density at radius 2 is 2.20 bits per heavy atom. The molecule has 0 radical (unpaired) electrons. The first kappa shape index (κ1) is 12.8. The molecular weight excluding hydrogens is 255 g/mol. The van der Waals surface area contributed by atoms with Crippen LogP contribution in [0.15, 0.2) is 24.3 Å². The van der Waals surface area contributed by atoms with Gasteiger partial charge in [-0.25, -0.2) is 4.39 Å². The van der Waals surface area contributed by atoms with E-state index in [1.165, 1.54) is 18.9 Å². The minimum absolute atomic E-state index is 0.109. The van der Waals surface area contributed by atoms with E-state index in [4.69, 9.17) is 9.47 Å². The summed E-state index contributed by atoms with van der Waals surface area (Å²) in [5, 5.41) is 0. The van der Waals surface area contributed by atoms with Crippen LogP contribution < -0.4 is 0 Å². The second kappa shape index (κ2) is 4.54. The van der Waals surface area contributed by atoms with E-state index in [0.29, 0.717) is 24.2 Å². The smallest absolute Gasteiger partial charge is 0.128 e. The third kappa shape index (κ3) is 1.91. The minimum atomic E-state index is -0.181. The summed E-state index contributed by atoms with van der Waals surface area (Å²) in [6, 6.07) is 6.85. The second-order valence-corrected chi connectivity index (χ2v) is 6.80. The monoisotopic (exact) mass is 276 g/mol. The Kier molecular flexibility index (Phi) is 2.90. The third-order valence-electron chi connectivity index (χ3n) is 5.56. The molecule has 3 heteroatoms. The SMILES string of the molecule is C[C@]12C[C@H]3CCC(O1)C3C[C@@H]2OCc1ccccc1F. The lowest BCUT2D eigenvalue weighted by Crippen LogP contribution is -2.58. The molecule has 2 unspecified atom stereocenters. The van der Waals surface area contributed by atoms with E-state index in [9.17, 15) is 4.39 Å². The molecule has 2 saturated heterocycles. The first-order chi connectivity index (χ1) is 9.66. The number of halogens is 1. The first-order valence-corrected chi connectivity index (χ1v) is 7.68. The van der Waals surface area contributed by atoms with Crippen molar-refractivity contribution in [1.29, 1.82) is 0 Å². The van der Waals surface area contributed by atoms with Crippen molar-refractivity contribution in [3.8, 4) is 0 Å². The van der Waals surface area contributed by atoms with Crippen molar-refractivity contribution >= 4 is 0 Å². The van der Waals surface area contributed by atoms with Crippen LogP contribution in [0.2, 0.25) is 0 Å². The molecule has 0 aromatic heterocycles. The van der Waals surface area contributed by atoms with Gasteiger partial charge >= 0.3 is 0 Å². The highest BCUT2D eigenvalue weighted by molar-refractivity contribution is 5.16. The van der Waals surface area contributed by atoms with Crippen LogP contribution in [0.4, 0.5) is 4.39 Å². The molecule has 0 amide bonds. The van der Waals surface area contributed by atoms with E-state index in [1.54, 1.807) is 12.1 Å². The Hall–Kier alpha value is -0.930. The largest absolute Gasteiger partial charge is 0.370 e. The molecular formula is C17H21FO2. The molecule has 5 rings (SSSR count). The third-order valence-corrected chi connectivity index (χ3v) is 5.56. The van der Waals surface area contributed by atoms with Crippen molar-refractivity contribution in [1.82, 2.24) is 0 Å². The van der Waals surface area contributed by atoms with E-state index >= 15 is 0 Å². The van der Waals surface area contributed by atoms with E-state index in [2.05, 4.69) is 6.92 Å². The topological polar surface area (TPSA) is 18.5 Å². The van der Waals surface area contributed by atoms with Crippen LogP contribution in [0, 0.1) is 17.7 Å². The van der Waals surface area contributed by atoms with Gasteiger partial charge in [-0.05, 0) is 50.5 Å². The van der Waals surface area contributed by atoms with E-state index < -0.39 is 0 Å². The Morgan fingerprint density at radius 1 is 1.35 bits per heavy atom. The van der Waals surface area contributed by atoms with Gasteiger partial charge in [0.2, 0.25) is 0 Å². The predicted octanol–water partition coefficient (Wildman–Crippen LogP) is 3.69. The Balaban J connectivity index is 1.47. The molecule has 2 heterocycles. The lowest BCUT2D eigenvalue weighted by Gasteiger charge is -2.53. The maximum absolute atomic E-state index is 13.6. The summed E-state index contributed by atoms with van der Waals surface area (Å²) in [6.07, 6.45) is 5.27. The van der Waals surface area contributed by atoms with Crippen molar-refractivity contribution in [2.75, 3.05) is 0 Å². The summed E-state index contributed by atoms with van der Waals surface area (Å²) in [4.78, 5) is 0. The van der Waals surface area contributed by atoms with Crippen molar-refractivity contribution < 1.29 is 13.9 Å². The number of hydrogen-bond acceptors (Lipinski definition) is 2. The number of hydrogen-bond donors (Lipinski definition) is 0. The van der Waals surface area contributed by atoms with Crippen molar-refractivity contribution in [3.63, 3.8) is 0 Å². The fraction of sp³-hybridized carbons (Fsp3) is 0.647. The highest BCUT2D eigenvalue weighted by atomic mass is 19.1. The van der Waals surface area contributed by atoms with Crippen LogP contribution in [0.1, 0.15) is 38.2 Å². The van der Waals surface area contributed by atoms with Crippen molar-refractivity contribution in [2.24, 2.45) is 11.8 Å². The van der Waals surface area contributed by atoms with Crippen LogP contribution in [-0.4, -0.2) is 17.8 Å². The van der Waals surface area contributed by atoms with Gasteiger partial charge in [-0.3, -0.25) is 0 Å². The van der Waals surface area contributed by atoms with Gasteiger partial charge in [-0.1, -0.05) is 18.2 Å². The van der Waals surface area contributed by atoms with Gasteiger partial charge in [0.15, 0.2) is 0 Å². The maximum Gasteiger partial charge on any atom is 0.128 e. The summed E-state index contributed by atoms with van der Waals surface area (Å²) in [6.45, 7) is 2.53. The molecule has 0 spiro atoms. The van der Waals surface area contributed by atoms with Crippen LogP contribution in [0.3, 0.4) is 0 Å². The predicted molar refractivity (Wildman–Crippen MR) is 73.7 cm³/mol. The number of ether oxygens (including phenoxy) is 2. The minimum Gasteiger partial charge on any atom is -0.370 e. The summed E-state index contributed by atoms with van der Waals surface area (Å²) in [7, 11) is 0. The molecule has 2 nitrogen and oxygen atoms in total. The zero-order chi connectivity index (χ0) is 13.7. The molecule has 1 aromatic rings. The quantitative estimate of drug-likeness (QED) is 0.838. The van der Waals surface area contributed by atoms with Crippen LogP contribution in [0.5, 0.6) is 0 Å². The van der Waals surface area contributed by atoms with Gasteiger partial charge < -0.3 is 9.47 Å². The van der Waals surface area contributed by atoms with Gasteiger partial charge in [-0.2, -0.15) is 0 Å². The molecule has 4 fully saturated rings. The molecule has 2 aliphatic carbocycles. The van der Waals surface area contributed by atoms with Gasteiger partial charge in [-0.15, -0.1) is 0 Å². The first-order valence-electron chi connectivity index (χ1n) is 7.68. The summed E-state index contributed by atoms with van der Waals surface area (Å²) >= 11 is 0. The lowest BCUT2D eigenvalue weighted by molar-refractivity contribution is -0.251. The normalized spacial score (nSPS) is 42.1. The van der Waals surface area contributed by atoms with Gasteiger partial charge in [0.1, 0.15) is 5.82 Å². The summed E-state index contributed by atoms with van der Waals surface area (Å²) < 4.78 is 26.0. The lowest BCUT2D eigenvalue weighted by atomic mass is 9.68. The Morgan fingerprint density at radius 3 is 2.95 bits per heavy atom. The average Bonchev–Trinajstić information content (AvgIpc) is 2.71. The Labute approximate surface area is 119 Å². The zero-order valence-corrected chi connectivity index (χ0v) is 11.8. The fourth-order valence-corrected chi connectivity index (χ4v) is 4.52. The molecule has 5 atom stereocenters. The van der Waals surface area contributed by atoms with E-state index in [1.807, 2.05) is 6.07 Å². The molecule has 2 saturated carbocycles. The van der Waals surface area contributed by atoms with Crippen LogP contribution in [-0.2, 0) is 16.1 Å². The average molecular weight is 276 g/mol. The summed E-state index contributed by atoms with van der Waals surface area (Å²) in [5.74, 6) is 1.31. The molecule has 4 aliphatic rings. The molecule has 108 valence electrons. The highest BCUT2D eigenvalue weighted by Crippen LogP contribution is 2.55. The van der Waals surface area contributed by atoms with Gasteiger partial charge in [0.25, 0.3) is 0 Å². The highest BCUT2D eigenvalue weighted by Gasteiger charge is 2.57. The maximum atomic E-state index is 13.6. The molecule has 20 heavy (non-hydrogen) atoms. The number of rotatable bonds is 3. The van der Waals surface area contributed by atoms with Crippen molar-refractivity contribution in [2.45, 2.75) is 57.0 Å². The molecule has 1 aromatic carbocycles. The van der Waals surface area contributed by atoms with Gasteiger partial charge in [0, 0.05) is 5.56 Å². The van der Waals surface area contributed by atoms with Crippen LogP contribution >= 0.6 is 0 Å². The zero-order valence-electron chi connectivity index (χ0n) is 11.8. The van der Waals surface area contributed by atoms with Crippen LogP contribution in [0.25, 0.3) is 0 Å². The molecule has 0 N–H and O–H groups in total. The standard InChI is InChI=1S/C17H21FO2/c1-17-9-11-6-7-15(20-17)13(11)8-16(17)19-10-12-4-2-3-5-14(12)18/h2-5,11,13,15-16H,6-10H2,1H3/t11-,13?,15?,16+,17-/m1/s1. The molecule has 2 aliphatic heterocycles. The number of fused-ring (bicyclic) bond motifs is 1.